The highest BCUT2D eigenvalue weighted by Crippen LogP contribution is 2.45. The summed E-state index contributed by atoms with van der Waals surface area (Å²) >= 11 is 0. The van der Waals surface area contributed by atoms with Crippen molar-refractivity contribution in [3.63, 3.8) is 0 Å². The van der Waals surface area contributed by atoms with E-state index in [2.05, 4.69) is 114 Å². The number of fused-ring (bicyclic) bond motifs is 1. The van der Waals surface area contributed by atoms with E-state index >= 15 is 4.79 Å². The van der Waals surface area contributed by atoms with Gasteiger partial charge in [0.05, 0.1) is 29.7 Å². The Hall–Kier alpha value is -9.21. The van der Waals surface area contributed by atoms with Crippen molar-refractivity contribution in [2.24, 2.45) is 0 Å². The Bertz CT molecular complexity index is 3360. The molecule has 9 nitrogen and oxygen atoms in total. The summed E-state index contributed by atoms with van der Waals surface area (Å²) in [6, 6.07) is 83.6. The number of tetrazole rings is 1. The van der Waals surface area contributed by atoms with Gasteiger partial charge in [-0.1, -0.05) is 237 Å². The smallest absolute Gasteiger partial charge is 0.341 e. The first-order valence-corrected chi connectivity index (χ1v) is 23.8. The number of imidazole rings is 1. The third-order valence-corrected chi connectivity index (χ3v) is 13.1. The van der Waals surface area contributed by atoms with Crippen LogP contribution in [-0.4, -0.2) is 42.3 Å². The number of rotatable bonds is 15. The fraction of sp³-hybridized carbons (Fsp3) is 0.0806. The summed E-state index contributed by atoms with van der Waals surface area (Å²) in [6.45, 7) is 2.68. The first-order chi connectivity index (χ1) is 35.1. The Balaban J connectivity index is 0.981. The summed E-state index contributed by atoms with van der Waals surface area (Å²) < 4.78 is 17.1. The summed E-state index contributed by atoms with van der Waals surface area (Å²) in [7, 11) is 0. The summed E-state index contributed by atoms with van der Waals surface area (Å²) in [5.74, 6) is 0.115. The molecule has 71 heavy (non-hydrogen) atoms. The molecule has 2 heterocycles. The maximum Gasteiger partial charge on any atom is 0.341 e. The average Bonchev–Trinajstić information content (AvgIpc) is 4.07. The Kier molecular flexibility index (Phi) is 12.1. The first kappa shape index (κ1) is 44.3. The molecule has 0 aliphatic rings. The van der Waals surface area contributed by atoms with Crippen LogP contribution in [0, 0.1) is 0 Å². The molecule has 0 aliphatic carbocycles. The highest BCUT2D eigenvalue weighted by Gasteiger charge is 2.43. The molecule has 9 aromatic carbocycles. The molecule has 0 unspecified atom stereocenters. The summed E-state index contributed by atoms with van der Waals surface area (Å²) in [5.41, 5.74) is 8.74. The fourth-order valence-electron chi connectivity index (χ4n) is 9.99. The Labute approximate surface area is 412 Å². The lowest BCUT2D eigenvalue weighted by Crippen LogP contribution is -2.39. The number of esters is 1. The Morgan fingerprint density at radius 2 is 0.972 bits per heavy atom. The van der Waals surface area contributed by atoms with Gasteiger partial charge in [0.1, 0.15) is 5.54 Å². The van der Waals surface area contributed by atoms with Crippen molar-refractivity contribution in [1.29, 1.82) is 0 Å². The van der Waals surface area contributed by atoms with Gasteiger partial charge in [-0.3, -0.25) is 4.57 Å². The molecule has 9 heteroatoms. The molecule has 0 fully saturated rings. The van der Waals surface area contributed by atoms with Crippen molar-refractivity contribution < 1.29 is 14.3 Å². The van der Waals surface area contributed by atoms with Crippen LogP contribution in [-0.2, 0) is 22.4 Å². The number of nitrogens with zero attached hydrogens (tertiary/aromatic N) is 6. The third kappa shape index (κ3) is 8.03. The van der Waals surface area contributed by atoms with Crippen molar-refractivity contribution in [3.05, 3.63) is 293 Å². The van der Waals surface area contributed by atoms with Gasteiger partial charge < -0.3 is 9.47 Å². The zero-order valence-corrected chi connectivity index (χ0v) is 39.0. The van der Waals surface area contributed by atoms with E-state index in [9.17, 15) is 0 Å². The number of hydrogen-bond acceptors (Lipinski definition) is 7. The summed E-state index contributed by atoms with van der Waals surface area (Å²) in [6.07, 6.45) is 0. The molecule has 2 aromatic heterocycles. The SMILES string of the molecule is CCOc1nc2cccc(C(=O)OC(c3ccccc3)(c3ccccc3)c3ccccc3)c2n1Cc1ccc(-c2ccccc2-c2nnnn2C(c2ccccc2)(c2ccccc2)c2ccccc2)cc1. The van der Waals surface area contributed by atoms with Crippen LogP contribution < -0.4 is 4.74 Å². The molecule has 11 rings (SSSR count). The fourth-order valence-corrected chi connectivity index (χ4v) is 9.99. The molecule has 0 atom stereocenters. The quantitative estimate of drug-likeness (QED) is 0.0746. The van der Waals surface area contributed by atoms with Crippen molar-refractivity contribution in [2.45, 2.75) is 24.6 Å². The van der Waals surface area contributed by atoms with Gasteiger partial charge in [-0.15, -0.1) is 5.10 Å². The van der Waals surface area contributed by atoms with Gasteiger partial charge in [-0.05, 0) is 62.9 Å². The van der Waals surface area contributed by atoms with Gasteiger partial charge >= 0.3 is 5.97 Å². The molecule has 0 bridgehead atoms. The van der Waals surface area contributed by atoms with Crippen LogP contribution in [0.1, 0.15) is 56.2 Å². The van der Waals surface area contributed by atoms with Crippen LogP contribution in [0.3, 0.4) is 0 Å². The zero-order valence-electron chi connectivity index (χ0n) is 39.0. The minimum atomic E-state index is -1.27. The molecule has 11 aromatic rings. The lowest BCUT2D eigenvalue weighted by Gasteiger charge is -2.36. The normalized spacial score (nSPS) is 11.6. The minimum absolute atomic E-state index is 0.366. The molecular formula is C62H48N6O3. The highest BCUT2D eigenvalue weighted by atomic mass is 16.6. The van der Waals surface area contributed by atoms with E-state index in [0.717, 1.165) is 55.6 Å². The van der Waals surface area contributed by atoms with Gasteiger partial charge in [0, 0.05) is 22.3 Å². The Morgan fingerprint density at radius 1 is 0.507 bits per heavy atom. The maximum atomic E-state index is 15.1. The molecular weight excluding hydrogens is 877 g/mol. The molecule has 0 saturated carbocycles. The number of hydrogen-bond donors (Lipinski definition) is 0. The van der Waals surface area contributed by atoms with Crippen LogP contribution in [0.15, 0.2) is 249 Å². The first-order valence-electron chi connectivity index (χ1n) is 23.8. The van der Waals surface area contributed by atoms with Crippen LogP contribution in [0.2, 0.25) is 0 Å². The number of carbonyl (C=O) groups is 1. The predicted molar refractivity (Wildman–Crippen MR) is 278 cm³/mol. The number of benzene rings is 9. The van der Waals surface area contributed by atoms with Crippen LogP contribution >= 0.6 is 0 Å². The van der Waals surface area contributed by atoms with Gasteiger partial charge in [0.15, 0.2) is 11.4 Å². The minimum Gasteiger partial charge on any atom is -0.465 e. The molecule has 0 amide bonds. The summed E-state index contributed by atoms with van der Waals surface area (Å²) in [5, 5.41) is 14.0. The number of aromatic nitrogens is 6. The van der Waals surface area contributed by atoms with Gasteiger partial charge in [0.2, 0.25) is 0 Å². The highest BCUT2D eigenvalue weighted by molar-refractivity contribution is 6.03. The molecule has 0 saturated heterocycles. The zero-order chi connectivity index (χ0) is 48.0. The third-order valence-electron chi connectivity index (χ3n) is 13.1. The van der Waals surface area contributed by atoms with E-state index < -0.39 is 17.1 Å². The van der Waals surface area contributed by atoms with Crippen LogP contribution in [0.4, 0.5) is 0 Å². The van der Waals surface area contributed by atoms with Gasteiger partial charge in [0.25, 0.3) is 6.01 Å². The molecule has 0 spiro atoms. The lowest BCUT2D eigenvalue weighted by atomic mass is 9.77. The maximum absolute atomic E-state index is 15.1. The molecule has 0 N–H and O–H groups in total. The van der Waals surface area contributed by atoms with Crippen molar-refractivity contribution in [1.82, 2.24) is 29.8 Å². The van der Waals surface area contributed by atoms with E-state index in [0.29, 0.717) is 41.6 Å². The second-order valence-electron chi connectivity index (χ2n) is 17.2. The second-order valence-corrected chi connectivity index (χ2v) is 17.2. The van der Waals surface area contributed by atoms with Crippen molar-refractivity contribution >= 4 is 17.0 Å². The van der Waals surface area contributed by atoms with E-state index in [1.54, 1.807) is 6.07 Å². The van der Waals surface area contributed by atoms with E-state index in [1.807, 2.05) is 150 Å². The predicted octanol–water partition coefficient (Wildman–Crippen LogP) is 12.8. The van der Waals surface area contributed by atoms with Crippen LogP contribution in [0.25, 0.3) is 33.5 Å². The van der Waals surface area contributed by atoms with Gasteiger partial charge in [-0.25, -0.2) is 9.48 Å². The largest absolute Gasteiger partial charge is 0.465 e. The average molecular weight is 925 g/mol. The van der Waals surface area contributed by atoms with Gasteiger partial charge in [-0.2, -0.15) is 4.98 Å². The number of carbonyl (C=O) groups excluding carboxylic acids is 1. The van der Waals surface area contributed by atoms with Crippen LogP contribution in [0.5, 0.6) is 6.01 Å². The second kappa shape index (κ2) is 19.4. The molecule has 344 valence electrons. The molecule has 0 aliphatic heterocycles. The van der Waals surface area contributed by atoms with E-state index in [1.165, 1.54) is 0 Å². The van der Waals surface area contributed by atoms with Crippen molar-refractivity contribution in [3.8, 4) is 28.5 Å². The Morgan fingerprint density at radius 3 is 1.46 bits per heavy atom. The molecule has 0 radical (unpaired) electrons. The monoisotopic (exact) mass is 924 g/mol. The summed E-state index contributed by atoms with van der Waals surface area (Å²) in [4.78, 5) is 20.0. The standard InChI is InChI=1S/C62H48N6O3/c1-2-70-60-63-56-39-23-38-55(59(69)71-62(50-30-15-6-16-31-50,51-32-17-7-18-33-51)52-34-19-8-20-35-52)57(56)67(60)44-45-40-42-46(43-41-45)53-36-21-22-37-54(53)58-64-65-66-68(58)61(47-24-9-3-10-25-47,48-26-11-4-12-27-48)49-28-13-5-14-29-49/h3-43H,2,44H2,1H3. The number of para-hydroxylation sites is 1. The number of ether oxygens (including phenoxy) is 2. The van der Waals surface area contributed by atoms with Crippen molar-refractivity contribution in [2.75, 3.05) is 6.61 Å². The topological polar surface area (TPSA) is 97.0 Å². The van der Waals surface area contributed by atoms with E-state index in [4.69, 9.17) is 24.8 Å². The lowest BCUT2D eigenvalue weighted by molar-refractivity contribution is 0.0143. The van der Waals surface area contributed by atoms with E-state index in [-0.39, 0.29) is 0 Å².